The van der Waals surface area contributed by atoms with Crippen molar-refractivity contribution in [2.45, 2.75) is 6.42 Å². The molecule has 0 spiro atoms. The van der Waals surface area contributed by atoms with Crippen LogP contribution in [0.25, 0.3) is 11.3 Å². The number of hydrogen-bond acceptors (Lipinski definition) is 5. The van der Waals surface area contributed by atoms with Crippen molar-refractivity contribution in [3.8, 4) is 17.4 Å². The Bertz CT molecular complexity index is 1120. The van der Waals surface area contributed by atoms with E-state index < -0.39 is 0 Å². The lowest BCUT2D eigenvalue weighted by Crippen LogP contribution is -2.40. The molecule has 7 rings (SSSR count). The number of nitrogens with zero attached hydrogens (tertiary/aromatic N) is 3. The van der Waals surface area contributed by atoms with E-state index in [1.54, 1.807) is 24.3 Å². The number of amides is 2. The summed E-state index contributed by atoms with van der Waals surface area (Å²) in [5.41, 5.74) is 1.21. The van der Waals surface area contributed by atoms with Crippen LogP contribution in [-0.4, -0.2) is 23.0 Å². The van der Waals surface area contributed by atoms with Crippen molar-refractivity contribution in [2.75, 3.05) is 0 Å². The zero-order valence-electron chi connectivity index (χ0n) is 15.4. The van der Waals surface area contributed by atoms with Crippen molar-refractivity contribution in [2.24, 2.45) is 40.6 Å². The Morgan fingerprint density at radius 2 is 1.72 bits per heavy atom. The van der Waals surface area contributed by atoms with E-state index in [0.29, 0.717) is 34.5 Å². The first kappa shape index (κ1) is 16.5. The van der Waals surface area contributed by atoms with Gasteiger partial charge in [0.2, 0.25) is 0 Å². The number of benzene rings is 1. The van der Waals surface area contributed by atoms with E-state index in [1.807, 2.05) is 12.1 Å². The molecular weight excluding hydrogens is 366 g/mol. The van der Waals surface area contributed by atoms with E-state index in [1.165, 1.54) is 6.21 Å². The van der Waals surface area contributed by atoms with Crippen LogP contribution in [0.15, 0.2) is 58.1 Å². The zero-order chi connectivity index (χ0) is 19.7. The topological polar surface area (TPSA) is 86.7 Å². The number of furan rings is 1. The molecule has 2 saturated carbocycles. The molecule has 1 aliphatic heterocycles. The molecule has 4 aliphatic carbocycles. The van der Waals surface area contributed by atoms with Crippen LogP contribution in [0.1, 0.15) is 17.7 Å². The lowest BCUT2D eigenvalue weighted by atomic mass is 9.63. The number of hydrogen-bond donors (Lipinski definition) is 0. The summed E-state index contributed by atoms with van der Waals surface area (Å²) >= 11 is 0. The Morgan fingerprint density at radius 3 is 2.41 bits per heavy atom. The fourth-order valence-electron chi connectivity index (χ4n) is 5.53. The van der Waals surface area contributed by atoms with E-state index in [2.05, 4.69) is 23.3 Å². The highest BCUT2D eigenvalue weighted by molar-refractivity contribution is 6.06. The summed E-state index contributed by atoms with van der Waals surface area (Å²) < 4.78 is 5.78. The monoisotopic (exact) mass is 383 g/mol. The molecule has 142 valence electrons. The van der Waals surface area contributed by atoms with E-state index in [0.717, 1.165) is 11.4 Å². The molecule has 2 bridgehead atoms. The fourth-order valence-corrected chi connectivity index (χ4v) is 5.53. The quantitative estimate of drug-likeness (QED) is 0.463. The first-order valence-electron chi connectivity index (χ1n) is 9.87. The van der Waals surface area contributed by atoms with Crippen LogP contribution in [0.2, 0.25) is 0 Å². The van der Waals surface area contributed by atoms with E-state index in [-0.39, 0.29) is 35.5 Å². The normalized spacial score (nSPS) is 33.8. The molecular formula is C23H17N3O3. The number of hydrazone groups is 1. The minimum absolute atomic E-state index is 0.185. The second-order valence-corrected chi connectivity index (χ2v) is 8.25. The molecule has 5 aliphatic rings. The van der Waals surface area contributed by atoms with Gasteiger partial charge in [-0.3, -0.25) is 9.59 Å². The smallest absolute Gasteiger partial charge is 0.254 e. The SMILES string of the molecule is N#Cc1ccccc1-c1ccc(/C=N\N2C(=O)[C@@H]3[C@H]4C=C[C@@H]([C@@H]5C[C@H]45)[C@H]3C2=O)o1. The molecule has 2 aromatic rings. The third-order valence-electron chi connectivity index (χ3n) is 6.88. The van der Waals surface area contributed by atoms with Crippen LogP contribution >= 0.6 is 0 Å². The second kappa shape index (κ2) is 5.77. The van der Waals surface area contributed by atoms with Gasteiger partial charge in [0.25, 0.3) is 11.8 Å². The number of allylic oxidation sites excluding steroid dienone is 2. The van der Waals surface area contributed by atoms with Crippen LogP contribution in [0.5, 0.6) is 0 Å². The Kier molecular flexibility index (Phi) is 3.28. The third-order valence-corrected chi connectivity index (χ3v) is 6.88. The summed E-state index contributed by atoms with van der Waals surface area (Å²) in [6.45, 7) is 0. The largest absolute Gasteiger partial charge is 0.455 e. The Hall–Kier alpha value is -3.46. The van der Waals surface area contributed by atoms with Crippen LogP contribution in [0, 0.1) is 46.8 Å². The molecule has 2 amide bonds. The van der Waals surface area contributed by atoms with Gasteiger partial charge in [-0.25, -0.2) is 0 Å². The third kappa shape index (κ3) is 2.24. The van der Waals surface area contributed by atoms with E-state index in [4.69, 9.17) is 4.42 Å². The maximum absolute atomic E-state index is 12.9. The number of carbonyl (C=O) groups excluding carboxylic acids is 2. The predicted molar refractivity (Wildman–Crippen MR) is 103 cm³/mol. The Balaban J connectivity index is 1.26. The highest BCUT2D eigenvalue weighted by Crippen LogP contribution is 2.65. The van der Waals surface area contributed by atoms with Crippen molar-refractivity contribution in [1.29, 1.82) is 5.26 Å². The van der Waals surface area contributed by atoms with Gasteiger partial charge in [-0.2, -0.15) is 15.4 Å². The van der Waals surface area contributed by atoms with Crippen LogP contribution in [0.3, 0.4) is 0 Å². The lowest BCUT2D eigenvalue weighted by Gasteiger charge is -2.37. The van der Waals surface area contributed by atoms with Gasteiger partial charge < -0.3 is 4.42 Å². The number of carbonyl (C=O) groups is 2. The van der Waals surface area contributed by atoms with Crippen LogP contribution < -0.4 is 0 Å². The molecule has 0 unspecified atom stereocenters. The molecule has 1 saturated heterocycles. The average Bonchev–Trinajstić information content (AvgIpc) is 3.39. The first-order valence-corrected chi connectivity index (χ1v) is 9.87. The van der Waals surface area contributed by atoms with Gasteiger partial charge in [-0.1, -0.05) is 24.3 Å². The number of rotatable bonds is 3. The minimum Gasteiger partial charge on any atom is -0.455 e. The van der Waals surface area contributed by atoms with Crippen molar-refractivity contribution in [3.05, 3.63) is 59.9 Å². The maximum atomic E-state index is 12.9. The highest BCUT2D eigenvalue weighted by atomic mass is 16.3. The summed E-state index contributed by atoms with van der Waals surface area (Å²) in [7, 11) is 0. The minimum atomic E-state index is -0.256. The van der Waals surface area contributed by atoms with Gasteiger partial charge in [-0.05, 0) is 54.4 Å². The predicted octanol–water partition coefficient (Wildman–Crippen LogP) is 3.21. The Labute approximate surface area is 167 Å². The number of imide groups is 1. The molecule has 29 heavy (non-hydrogen) atoms. The molecule has 1 aromatic carbocycles. The first-order chi connectivity index (χ1) is 14.2. The molecule has 3 fully saturated rings. The lowest BCUT2D eigenvalue weighted by molar-refractivity contribution is -0.140. The molecule has 6 heteroatoms. The summed E-state index contributed by atoms with van der Waals surface area (Å²) in [5.74, 6) is 1.57. The van der Waals surface area contributed by atoms with E-state index >= 15 is 0 Å². The molecule has 6 nitrogen and oxygen atoms in total. The summed E-state index contributed by atoms with van der Waals surface area (Å²) in [6, 6.07) is 12.8. The van der Waals surface area contributed by atoms with Crippen molar-refractivity contribution >= 4 is 18.0 Å². The summed E-state index contributed by atoms with van der Waals surface area (Å²) in [4.78, 5) is 25.9. The van der Waals surface area contributed by atoms with Crippen molar-refractivity contribution in [3.63, 3.8) is 0 Å². The van der Waals surface area contributed by atoms with Gasteiger partial charge in [0.05, 0.1) is 29.7 Å². The molecule has 1 aromatic heterocycles. The van der Waals surface area contributed by atoms with E-state index in [9.17, 15) is 14.9 Å². The average molecular weight is 383 g/mol. The Morgan fingerprint density at radius 1 is 1.03 bits per heavy atom. The summed E-state index contributed by atoms with van der Waals surface area (Å²) in [6.07, 6.45) is 6.83. The van der Waals surface area contributed by atoms with Gasteiger partial charge >= 0.3 is 0 Å². The second-order valence-electron chi connectivity index (χ2n) is 8.25. The van der Waals surface area contributed by atoms with Crippen LogP contribution in [-0.2, 0) is 9.59 Å². The van der Waals surface area contributed by atoms with Gasteiger partial charge in [0.1, 0.15) is 11.5 Å². The highest BCUT2D eigenvalue weighted by Gasteiger charge is 2.67. The number of nitriles is 1. The van der Waals surface area contributed by atoms with Crippen molar-refractivity contribution in [1.82, 2.24) is 5.01 Å². The zero-order valence-corrected chi connectivity index (χ0v) is 15.4. The van der Waals surface area contributed by atoms with Crippen molar-refractivity contribution < 1.29 is 14.0 Å². The van der Waals surface area contributed by atoms with Gasteiger partial charge in [-0.15, -0.1) is 0 Å². The molecule has 0 N–H and O–H groups in total. The summed E-state index contributed by atoms with van der Waals surface area (Å²) in [5, 5.41) is 14.5. The molecule has 2 heterocycles. The van der Waals surface area contributed by atoms with Gasteiger partial charge in [0.15, 0.2) is 0 Å². The van der Waals surface area contributed by atoms with Gasteiger partial charge in [0, 0.05) is 5.56 Å². The molecule has 0 radical (unpaired) electrons. The van der Waals surface area contributed by atoms with Crippen LogP contribution in [0.4, 0.5) is 0 Å². The maximum Gasteiger partial charge on any atom is 0.254 e. The standard InChI is InChI=1S/C23H17N3O3/c24-10-12-3-1-2-4-14(12)19-8-5-13(29-19)11-25-26-22(27)20-15-6-7-16(18-9-17(15)18)21(20)23(26)28/h1-8,11,15-18,20-21H,9H2/b25-11-/t15-,16-,17-,18+,20+,21+/m0/s1. The molecule has 6 atom stereocenters. The fraction of sp³-hybridized carbons (Fsp3) is 0.304.